The van der Waals surface area contributed by atoms with Crippen LogP contribution in [0.25, 0.3) is 11.3 Å². The number of fused-ring (bicyclic) bond motifs is 1. The number of aromatic nitrogens is 2. The third-order valence-corrected chi connectivity index (χ3v) is 6.42. The molecule has 0 radical (unpaired) electrons. The summed E-state index contributed by atoms with van der Waals surface area (Å²) in [4.78, 5) is 0. The molecule has 3 heterocycles. The number of nitrogens with zero attached hydrogens (tertiary/aromatic N) is 2. The first-order chi connectivity index (χ1) is 16.4. The van der Waals surface area contributed by atoms with Crippen LogP contribution in [0.4, 0.5) is 0 Å². The molecular weight excluding hydrogens is 464 g/mol. The van der Waals surface area contributed by atoms with E-state index in [9.17, 15) is 20.4 Å². The average Bonchev–Trinajstić information content (AvgIpc) is 3.33. The lowest BCUT2D eigenvalue weighted by molar-refractivity contribution is -0.231. The fourth-order valence-electron chi connectivity index (χ4n) is 4.14. The summed E-state index contributed by atoms with van der Waals surface area (Å²) < 4.78 is 16.4. The molecule has 1 fully saturated rings. The van der Waals surface area contributed by atoms with E-state index in [1.807, 2.05) is 30.3 Å². The zero-order chi connectivity index (χ0) is 23.8. The van der Waals surface area contributed by atoms with Crippen molar-refractivity contribution in [3.63, 3.8) is 0 Å². The molecule has 34 heavy (non-hydrogen) atoms. The van der Waals surface area contributed by atoms with E-state index >= 15 is 0 Å². The van der Waals surface area contributed by atoms with Gasteiger partial charge in [0.1, 0.15) is 30.5 Å². The molecule has 5 rings (SSSR count). The lowest BCUT2D eigenvalue weighted by Gasteiger charge is -2.40. The molecule has 2 aliphatic rings. The van der Waals surface area contributed by atoms with E-state index in [1.165, 1.54) is 0 Å². The molecule has 0 bridgehead atoms. The minimum atomic E-state index is -1.45. The van der Waals surface area contributed by atoms with Gasteiger partial charge in [-0.2, -0.15) is 10.2 Å². The Bertz CT molecular complexity index is 1170. The molecule has 5 atom stereocenters. The monoisotopic (exact) mass is 486 g/mol. The van der Waals surface area contributed by atoms with Crippen molar-refractivity contribution < 1.29 is 34.6 Å². The Morgan fingerprint density at radius 3 is 2.47 bits per heavy atom. The number of rotatable bonds is 5. The summed E-state index contributed by atoms with van der Waals surface area (Å²) in [5.41, 5.74) is 3.49. The Kier molecular flexibility index (Phi) is 6.39. The van der Waals surface area contributed by atoms with Crippen LogP contribution in [0, 0.1) is 0 Å². The van der Waals surface area contributed by atoms with E-state index in [4.69, 9.17) is 25.8 Å². The normalized spacial score (nSPS) is 26.0. The van der Waals surface area contributed by atoms with Gasteiger partial charge in [-0.25, -0.2) is 0 Å². The first kappa shape index (κ1) is 23.0. The zero-order valence-electron chi connectivity index (χ0n) is 17.9. The zero-order valence-corrected chi connectivity index (χ0v) is 18.7. The highest BCUT2D eigenvalue weighted by molar-refractivity contribution is 6.31. The Morgan fingerprint density at radius 1 is 0.882 bits per heavy atom. The summed E-state index contributed by atoms with van der Waals surface area (Å²) >= 11 is 6.40. The number of aliphatic hydroxyl groups excluding tert-OH is 4. The van der Waals surface area contributed by atoms with E-state index in [1.54, 1.807) is 18.2 Å². The Morgan fingerprint density at radius 2 is 1.71 bits per heavy atom. The second kappa shape index (κ2) is 9.46. The van der Waals surface area contributed by atoms with E-state index < -0.39 is 37.1 Å². The summed E-state index contributed by atoms with van der Waals surface area (Å²) in [6.45, 7) is -0.292. The fourth-order valence-corrected chi connectivity index (χ4v) is 4.33. The highest BCUT2D eigenvalue weighted by Gasteiger charge is 2.44. The Balaban J connectivity index is 1.35. The molecule has 0 saturated carbocycles. The van der Waals surface area contributed by atoms with Gasteiger partial charge in [-0.05, 0) is 47.5 Å². The largest absolute Gasteiger partial charge is 0.454 e. The van der Waals surface area contributed by atoms with Crippen molar-refractivity contribution in [1.29, 1.82) is 0 Å². The van der Waals surface area contributed by atoms with Crippen LogP contribution in [0.1, 0.15) is 22.9 Å². The molecule has 2 aliphatic heterocycles. The fraction of sp³-hybridized carbons (Fsp3) is 0.333. The summed E-state index contributed by atoms with van der Waals surface area (Å²) in [6, 6.07) is 14.4. The van der Waals surface area contributed by atoms with Gasteiger partial charge in [0.25, 0.3) is 0 Å². The highest BCUT2D eigenvalue weighted by Crippen LogP contribution is 2.36. The molecule has 1 saturated heterocycles. The van der Waals surface area contributed by atoms with Gasteiger partial charge in [0, 0.05) is 17.0 Å². The molecule has 0 aliphatic carbocycles. The number of aliphatic hydroxyl groups is 4. The quantitative estimate of drug-likeness (QED) is 0.424. The van der Waals surface area contributed by atoms with Crippen molar-refractivity contribution in [1.82, 2.24) is 10.2 Å². The van der Waals surface area contributed by atoms with Gasteiger partial charge in [-0.1, -0.05) is 23.7 Å². The van der Waals surface area contributed by atoms with Crippen LogP contribution in [0.15, 0.2) is 48.5 Å². The van der Waals surface area contributed by atoms with Gasteiger partial charge in [0.2, 0.25) is 6.79 Å². The van der Waals surface area contributed by atoms with Crippen molar-refractivity contribution in [2.75, 3.05) is 13.4 Å². The smallest absolute Gasteiger partial charge is 0.231 e. The second-order valence-corrected chi connectivity index (χ2v) is 8.66. The van der Waals surface area contributed by atoms with E-state index in [0.717, 1.165) is 11.1 Å². The van der Waals surface area contributed by atoms with Gasteiger partial charge in [0.05, 0.1) is 18.0 Å². The van der Waals surface area contributed by atoms with Crippen LogP contribution in [-0.4, -0.2) is 68.4 Å². The number of halogens is 1. The predicted molar refractivity (Wildman–Crippen MR) is 121 cm³/mol. The number of ether oxygens (including phenoxy) is 3. The standard InChI is InChI=1S/C24H23ClN2O7/c25-16-4-1-13(24-23(31)22(30)21(29)20(10-28)34-24)7-14(16)8-15-3-5-17(27-26-15)12-2-6-18-19(9-12)33-11-32-18/h1-7,9,20-24,28-31H,8,10-11H2. The topological polar surface area (TPSA) is 134 Å². The maximum atomic E-state index is 10.4. The second-order valence-electron chi connectivity index (χ2n) is 8.26. The molecular formula is C24H23ClN2O7. The van der Waals surface area contributed by atoms with Crippen LogP contribution in [0.2, 0.25) is 5.02 Å². The molecule has 1 aromatic heterocycles. The number of hydrogen-bond donors (Lipinski definition) is 4. The van der Waals surface area contributed by atoms with Crippen LogP contribution in [-0.2, 0) is 11.2 Å². The highest BCUT2D eigenvalue weighted by atomic mass is 35.5. The van der Waals surface area contributed by atoms with Crippen molar-refractivity contribution >= 4 is 11.6 Å². The molecule has 9 nitrogen and oxygen atoms in total. The average molecular weight is 487 g/mol. The van der Waals surface area contributed by atoms with Crippen LogP contribution in [0.5, 0.6) is 11.5 Å². The predicted octanol–water partition coefficient (Wildman–Crippen LogP) is 1.63. The number of hydrogen-bond acceptors (Lipinski definition) is 9. The molecule has 4 N–H and O–H groups in total. The Hall–Kier alpha value is -2.79. The minimum absolute atomic E-state index is 0.201. The van der Waals surface area contributed by atoms with Gasteiger partial charge < -0.3 is 34.6 Å². The first-order valence-electron chi connectivity index (χ1n) is 10.8. The van der Waals surface area contributed by atoms with E-state index in [2.05, 4.69) is 10.2 Å². The van der Waals surface area contributed by atoms with Crippen molar-refractivity contribution in [2.45, 2.75) is 36.9 Å². The van der Waals surface area contributed by atoms with E-state index in [-0.39, 0.29) is 6.79 Å². The first-order valence-corrected chi connectivity index (χ1v) is 11.1. The summed E-state index contributed by atoms with van der Waals surface area (Å²) in [5.74, 6) is 1.36. The maximum Gasteiger partial charge on any atom is 0.231 e. The van der Waals surface area contributed by atoms with E-state index in [0.29, 0.717) is 39.9 Å². The van der Waals surface area contributed by atoms with Crippen LogP contribution >= 0.6 is 11.6 Å². The molecule has 3 aromatic rings. The lowest BCUT2D eigenvalue weighted by Crippen LogP contribution is -2.55. The summed E-state index contributed by atoms with van der Waals surface area (Å²) in [6.07, 6.45) is -5.79. The maximum absolute atomic E-state index is 10.4. The molecule has 0 spiro atoms. The van der Waals surface area contributed by atoms with Crippen molar-refractivity contribution in [3.8, 4) is 22.8 Å². The van der Waals surface area contributed by atoms with Crippen molar-refractivity contribution in [2.24, 2.45) is 0 Å². The molecule has 178 valence electrons. The summed E-state index contributed by atoms with van der Waals surface area (Å²) in [7, 11) is 0. The number of benzene rings is 2. The molecule has 5 unspecified atom stereocenters. The van der Waals surface area contributed by atoms with Gasteiger partial charge in [0.15, 0.2) is 11.5 Å². The third kappa shape index (κ3) is 4.34. The third-order valence-electron chi connectivity index (χ3n) is 6.05. The van der Waals surface area contributed by atoms with Gasteiger partial charge in [-0.3, -0.25) is 0 Å². The minimum Gasteiger partial charge on any atom is -0.454 e. The lowest BCUT2D eigenvalue weighted by atomic mass is 9.90. The molecule has 2 aromatic carbocycles. The SMILES string of the molecule is OCC1OC(c2ccc(Cl)c(Cc3ccc(-c4ccc5c(c4)OCO5)nn3)c2)C(O)C(O)C1O. The van der Waals surface area contributed by atoms with Crippen LogP contribution < -0.4 is 9.47 Å². The molecule has 10 heteroatoms. The van der Waals surface area contributed by atoms with Gasteiger partial charge >= 0.3 is 0 Å². The van der Waals surface area contributed by atoms with Crippen molar-refractivity contribution in [3.05, 3.63) is 70.4 Å². The van der Waals surface area contributed by atoms with Crippen LogP contribution in [0.3, 0.4) is 0 Å². The molecule has 0 amide bonds. The summed E-state index contributed by atoms with van der Waals surface area (Å²) in [5, 5.41) is 49.2. The van der Waals surface area contributed by atoms with Gasteiger partial charge in [-0.15, -0.1) is 0 Å². The Labute approximate surface area is 200 Å².